The van der Waals surface area contributed by atoms with Crippen molar-refractivity contribution < 1.29 is 9.52 Å². The van der Waals surface area contributed by atoms with Gasteiger partial charge < -0.3 is 20.6 Å². The maximum absolute atomic E-state index is 9.80. The molecule has 34 heavy (non-hydrogen) atoms. The van der Waals surface area contributed by atoms with Gasteiger partial charge in [-0.15, -0.1) is 0 Å². The van der Waals surface area contributed by atoms with Gasteiger partial charge in [-0.2, -0.15) is 5.10 Å². The Kier molecular flexibility index (Phi) is 7.45. The summed E-state index contributed by atoms with van der Waals surface area (Å²) in [5, 5.41) is 24.4. The summed E-state index contributed by atoms with van der Waals surface area (Å²) < 4.78 is 8.28. The first-order valence-electron chi connectivity index (χ1n) is 11.7. The molecule has 3 aromatic heterocycles. The second-order valence-corrected chi connectivity index (χ2v) is 8.78. The molecule has 0 saturated heterocycles. The maximum atomic E-state index is 9.80. The average Bonchev–Trinajstić information content (AvgIpc) is 3.53. The number of furan rings is 1. The Bertz CT molecular complexity index is 1260. The van der Waals surface area contributed by atoms with Crippen LogP contribution in [-0.2, 0) is 0 Å². The van der Waals surface area contributed by atoms with Crippen molar-refractivity contribution >= 4 is 34.4 Å². The molecule has 3 heterocycles. The van der Waals surface area contributed by atoms with Crippen LogP contribution in [0.15, 0.2) is 52.2 Å². The number of hydrogen-bond acceptors (Lipinski definition) is 8. The lowest BCUT2D eigenvalue weighted by molar-refractivity contribution is 0.108. The van der Waals surface area contributed by atoms with Crippen molar-refractivity contribution in [1.29, 1.82) is 0 Å². The van der Waals surface area contributed by atoms with Crippen molar-refractivity contribution in [2.75, 3.05) is 18.1 Å². The highest BCUT2D eigenvalue weighted by Crippen LogP contribution is 2.41. The molecule has 0 aliphatic heterocycles. The number of aliphatic hydroxyl groups is 1. The van der Waals surface area contributed by atoms with E-state index in [1.54, 1.807) is 0 Å². The van der Waals surface area contributed by atoms with Crippen molar-refractivity contribution in [3.05, 3.63) is 42.9 Å². The van der Waals surface area contributed by atoms with Crippen LogP contribution in [0.1, 0.15) is 45.6 Å². The lowest BCUT2D eigenvalue weighted by atomic mass is 9.93. The van der Waals surface area contributed by atoms with E-state index in [0.29, 0.717) is 28.9 Å². The Morgan fingerprint density at radius 2 is 1.91 bits per heavy atom. The summed E-state index contributed by atoms with van der Waals surface area (Å²) in [5.41, 5.74) is 10.2. The van der Waals surface area contributed by atoms with Gasteiger partial charge in [0.15, 0.2) is 11.4 Å². The number of nitrogens with zero attached hydrogens (tertiary/aromatic N) is 3. The minimum absolute atomic E-state index is 0.188. The topological polar surface area (TPSA) is 128 Å². The van der Waals surface area contributed by atoms with Crippen molar-refractivity contribution in [2.24, 2.45) is 5.14 Å². The molecule has 180 valence electrons. The second-order valence-electron chi connectivity index (χ2n) is 8.14. The number of aliphatic hydroxyl groups excluding tert-OH is 1. The summed E-state index contributed by atoms with van der Waals surface area (Å²) in [5.74, 6) is 1.34. The Balaban J connectivity index is 0.00000133. The number of fused-ring (bicyclic) bond motifs is 1. The van der Waals surface area contributed by atoms with Gasteiger partial charge in [-0.05, 0) is 55.8 Å². The van der Waals surface area contributed by atoms with Crippen LogP contribution in [0.4, 0.5) is 11.5 Å². The van der Waals surface area contributed by atoms with E-state index in [0.717, 1.165) is 64.6 Å². The van der Waals surface area contributed by atoms with Crippen molar-refractivity contribution in [3.8, 4) is 22.5 Å². The highest BCUT2D eigenvalue weighted by Gasteiger charge is 2.23. The SMILES string of the molecule is CC.CNc1ncc(-c2cnn(C3CCC(O)CC3)c2)c2cc(-c3cccc(N)c3SN)oc12. The van der Waals surface area contributed by atoms with E-state index in [1.807, 2.05) is 62.2 Å². The van der Waals surface area contributed by atoms with Crippen LogP contribution in [0.25, 0.3) is 33.4 Å². The van der Waals surface area contributed by atoms with E-state index in [1.165, 1.54) is 0 Å². The third-order valence-electron chi connectivity index (χ3n) is 6.18. The highest BCUT2D eigenvalue weighted by atomic mass is 32.2. The number of nitrogens with one attached hydrogen (secondary N) is 1. The molecule has 0 spiro atoms. The molecular weight excluding hydrogens is 448 g/mol. The molecule has 0 unspecified atom stereocenters. The minimum Gasteiger partial charge on any atom is -0.452 e. The van der Waals surface area contributed by atoms with Gasteiger partial charge in [-0.3, -0.25) is 9.82 Å². The van der Waals surface area contributed by atoms with Gasteiger partial charge in [-0.1, -0.05) is 19.9 Å². The predicted octanol–water partition coefficient (Wildman–Crippen LogP) is 5.45. The first-order valence-corrected chi connectivity index (χ1v) is 12.6. The number of hydrogen-bond donors (Lipinski definition) is 4. The third-order valence-corrected chi connectivity index (χ3v) is 6.87. The lowest BCUT2D eigenvalue weighted by Gasteiger charge is -2.25. The standard InChI is InChI=1S/C23H26N6O2S.C2H6/c1-26-23-21-17(9-20(31-21)16-3-2-4-19(24)22(16)32-25)18(11-27-23)13-10-28-29(12-13)14-5-7-15(30)8-6-14;1-2/h2-4,9-12,14-15,30H,5-8,24-25H2,1H3,(H,26,27);1-2H3. The molecule has 1 aromatic carbocycles. The van der Waals surface area contributed by atoms with Crippen LogP contribution < -0.4 is 16.2 Å². The van der Waals surface area contributed by atoms with Crippen LogP contribution in [0.5, 0.6) is 0 Å². The van der Waals surface area contributed by atoms with E-state index >= 15 is 0 Å². The first-order chi connectivity index (χ1) is 16.6. The molecule has 1 aliphatic rings. The number of rotatable bonds is 5. The summed E-state index contributed by atoms with van der Waals surface area (Å²) in [6.45, 7) is 4.00. The molecule has 0 radical (unpaired) electrons. The van der Waals surface area contributed by atoms with Crippen LogP contribution in [0.2, 0.25) is 0 Å². The fourth-order valence-electron chi connectivity index (χ4n) is 4.45. The fourth-order valence-corrected chi connectivity index (χ4v) is 4.94. The average molecular weight is 481 g/mol. The smallest absolute Gasteiger partial charge is 0.177 e. The number of nitrogens with two attached hydrogens (primary N) is 2. The normalized spacial score (nSPS) is 17.9. The van der Waals surface area contributed by atoms with Gasteiger partial charge in [0.05, 0.1) is 23.2 Å². The zero-order valence-electron chi connectivity index (χ0n) is 19.8. The number of benzene rings is 1. The van der Waals surface area contributed by atoms with E-state index in [-0.39, 0.29) is 6.10 Å². The van der Waals surface area contributed by atoms with Gasteiger partial charge in [0.1, 0.15) is 5.76 Å². The van der Waals surface area contributed by atoms with Gasteiger partial charge in [0.25, 0.3) is 0 Å². The first kappa shape index (κ1) is 24.1. The molecule has 6 N–H and O–H groups in total. The Morgan fingerprint density at radius 1 is 1.15 bits per heavy atom. The summed E-state index contributed by atoms with van der Waals surface area (Å²) in [4.78, 5) is 5.35. The van der Waals surface area contributed by atoms with Crippen molar-refractivity contribution in [3.63, 3.8) is 0 Å². The van der Waals surface area contributed by atoms with E-state index < -0.39 is 0 Å². The van der Waals surface area contributed by atoms with Gasteiger partial charge >= 0.3 is 0 Å². The van der Waals surface area contributed by atoms with Crippen molar-refractivity contribution in [1.82, 2.24) is 14.8 Å². The van der Waals surface area contributed by atoms with Gasteiger partial charge in [-0.25, -0.2) is 4.98 Å². The third kappa shape index (κ3) is 4.51. The zero-order valence-corrected chi connectivity index (χ0v) is 20.6. The lowest BCUT2D eigenvalue weighted by Crippen LogP contribution is -2.21. The Hall–Kier alpha value is -3.01. The number of aromatic nitrogens is 3. The number of pyridine rings is 1. The molecule has 0 amide bonds. The second kappa shape index (κ2) is 10.5. The molecule has 1 saturated carbocycles. The number of nitrogen functional groups attached to an aromatic ring is 1. The molecule has 4 aromatic rings. The molecule has 8 nitrogen and oxygen atoms in total. The summed E-state index contributed by atoms with van der Waals surface area (Å²) in [6.07, 6.45) is 9.08. The van der Waals surface area contributed by atoms with Crippen molar-refractivity contribution in [2.45, 2.75) is 56.6 Å². The minimum atomic E-state index is -0.188. The summed E-state index contributed by atoms with van der Waals surface area (Å²) in [6, 6.07) is 7.98. The highest BCUT2D eigenvalue weighted by molar-refractivity contribution is 7.97. The van der Waals surface area contributed by atoms with Crippen LogP contribution in [0, 0.1) is 0 Å². The molecule has 0 bridgehead atoms. The van der Waals surface area contributed by atoms with E-state index in [4.69, 9.17) is 15.3 Å². The summed E-state index contributed by atoms with van der Waals surface area (Å²) in [7, 11) is 1.82. The predicted molar refractivity (Wildman–Crippen MR) is 140 cm³/mol. The van der Waals surface area contributed by atoms with Crippen LogP contribution in [0.3, 0.4) is 0 Å². The number of anilines is 2. The molecule has 5 rings (SSSR count). The molecule has 1 fully saturated rings. The zero-order chi connectivity index (χ0) is 24.2. The quantitative estimate of drug-likeness (QED) is 0.219. The monoisotopic (exact) mass is 480 g/mol. The Labute approximate surface area is 203 Å². The van der Waals surface area contributed by atoms with E-state index in [9.17, 15) is 5.11 Å². The molecular formula is C25H32N6O2S. The Morgan fingerprint density at radius 3 is 2.62 bits per heavy atom. The van der Waals surface area contributed by atoms with Crippen LogP contribution >= 0.6 is 11.9 Å². The molecule has 9 heteroatoms. The summed E-state index contributed by atoms with van der Waals surface area (Å²) >= 11 is 1.11. The van der Waals surface area contributed by atoms with Gasteiger partial charge in [0, 0.05) is 47.2 Å². The van der Waals surface area contributed by atoms with Gasteiger partial charge in [0.2, 0.25) is 0 Å². The van der Waals surface area contributed by atoms with E-state index in [2.05, 4.69) is 21.6 Å². The molecule has 1 aliphatic carbocycles. The fraction of sp³-hybridized carbons (Fsp3) is 0.360. The van der Waals surface area contributed by atoms with Crippen LogP contribution in [-0.4, -0.2) is 33.0 Å². The molecule has 0 atom stereocenters. The maximum Gasteiger partial charge on any atom is 0.177 e. The largest absolute Gasteiger partial charge is 0.452 e.